The van der Waals surface area contributed by atoms with Crippen LogP contribution >= 0.6 is 0 Å². The third-order valence-corrected chi connectivity index (χ3v) is 3.82. The molecule has 2 aromatic heterocycles. The molecule has 0 fully saturated rings. The van der Waals surface area contributed by atoms with Gasteiger partial charge in [0.1, 0.15) is 5.69 Å². The molecule has 0 spiro atoms. The second kappa shape index (κ2) is 7.29. The number of carbonyl (C=O) groups is 2. The van der Waals surface area contributed by atoms with Gasteiger partial charge in [0.15, 0.2) is 0 Å². The Morgan fingerprint density at radius 1 is 1.25 bits per heavy atom. The number of hydrogen-bond donors (Lipinski definition) is 3. The molecule has 0 saturated carbocycles. The van der Waals surface area contributed by atoms with Crippen molar-refractivity contribution in [2.75, 3.05) is 13.1 Å². The van der Waals surface area contributed by atoms with Gasteiger partial charge < -0.3 is 10.6 Å². The third-order valence-electron chi connectivity index (χ3n) is 3.82. The molecule has 0 aliphatic rings. The summed E-state index contributed by atoms with van der Waals surface area (Å²) >= 11 is 0. The van der Waals surface area contributed by atoms with Gasteiger partial charge in [-0.25, -0.2) is 0 Å². The average molecular weight is 332 g/mol. The molecule has 2 aromatic rings. The van der Waals surface area contributed by atoms with Crippen molar-refractivity contribution in [3.8, 4) is 11.3 Å². The van der Waals surface area contributed by atoms with Crippen LogP contribution in [-0.2, 0) is 11.8 Å². The molecular weight excluding hydrogens is 308 g/mol. The molecule has 24 heavy (non-hydrogen) atoms. The molecule has 2 rings (SSSR count). The van der Waals surface area contributed by atoms with Gasteiger partial charge in [-0.15, -0.1) is 0 Å². The lowest BCUT2D eigenvalue weighted by molar-refractivity contribution is -0.123. The Morgan fingerprint density at radius 3 is 2.50 bits per heavy atom. The van der Waals surface area contributed by atoms with Crippen LogP contribution in [0, 0.1) is 19.8 Å². The molecule has 0 aliphatic heterocycles. The summed E-state index contributed by atoms with van der Waals surface area (Å²) in [6, 6.07) is 1.71. The number of nitrogens with zero attached hydrogens (tertiary/aromatic N) is 3. The minimum Gasteiger partial charge on any atom is -0.354 e. The van der Waals surface area contributed by atoms with E-state index in [1.165, 1.54) is 0 Å². The monoisotopic (exact) mass is 332 g/mol. The number of aromatic amines is 1. The van der Waals surface area contributed by atoms with Crippen molar-refractivity contribution in [3.05, 3.63) is 23.1 Å². The molecule has 0 bridgehead atoms. The number of aromatic nitrogens is 4. The summed E-state index contributed by atoms with van der Waals surface area (Å²) in [6.07, 6.45) is 0. The van der Waals surface area contributed by atoms with Crippen molar-refractivity contribution in [2.24, 2.45) is 13.0 Å². The molecule has 8 heteroatoms. The average Bonchev–Trinajstić information content (AvgIpc) is 3.08. The summed E-state index contributed by atoms with van der Waals surface area (Å²) in [5.41, 5.74) is 3.85. The summed E-state index contributed by atoms with van der Waals surface area (Å²) in [4.78, 5) is 23.6. The molecular formula is C16H24N6O2. The first-order valence-electron chi connectivity index (χ1n) is 7.93. The number of carbonyl (C=O) groups excluding carboxylic acids is 2. The highest BCUT2D eigenvalue weighted by atomic mass is 16.2. The molecule has 0 atom stereocenters. The van der Waals surface area contributed by atoms with E-state index in [1.54, 1.807) is 10.7 Å². The zero-order valence-corrected chi connectivity index (χ0v) is 14.7. The molecule has 2 amide bonds. The van der Waals surface area contributed by atoms with Crippen LogP contribution in [0.5, 0.6) is 0 Å². The van der Waals surface area contributed by atoms with Crippen molar-refractivity contribution >= 4 is 11.8 Å². The molecule has 0 aliphatic carbocycles. The fraction of sp³-hybridized carbons (Fsp3) is 0.500. The SMILES string of the molecule is Cc1nn(C)c(C)c1-c1cc(C(=O)NCCNC(=O)C(C)C)[nH]n1. The number of nitrogens with one attached hydrogen (secondary N) is 3. The van der Waals surface area contributed by atoms with Crippen LogP contribution in [-0.4, -0.2) is 44.9 Å². The smallest absolute Gasteiger partial charge is 0.269 e. The summed E-state index contributed by atoms with van der Waals surface area (Å²) in [6.45, 7) is 8.27. The lowest BCUT2D eigenvalue weighted by Gasteiger charge is -2.07. The largest absolute Gasteiger partial charge is 0.354 e. The normalized spacial score (nSPS) is 10.9. The van der Waals surface area contributed by atoms with Crippen LogP contribution in [0.4, 0.5) is 0 Å². The fourth-order valence-corrected chi connectivity index (χ4v) is 2.37. The number of aryl methyl sites for hydroxylation is 2. The second-order valence-electron chi connectivity index (χ2n) is 6.04. The summed E-state index contributed by atoms with van der Waals surface area (Å²) < 4.78 is 1.79. The highest BCUT2D eigenvalue weighted by Crippen LogP contribution is 2.24. The Morgan fingerprint density at radius 2 is 1.92 bits per heavy atom. The molecule has 2 heterocycles. The fourth-order valence-electron chi connectivity index (χ4n) is 2.37. The van der Waals surface area contributed by atoms with E-state index < -0.39 is 0 Å². The van der Waals surface area contributed by atoms with Crippen molar-refractivity contribution in [1.82, 2.24) is 30.6 Å². The van der Waals surface area contributed by atoms with E-state index in [1.807, 2.05) is 34.7 Å². The Bertz CT molecular complexity index is 744. The number of amides is 2. The summed E-state index contributed by atoms with van der Waals surface area (Å²) in [5, 5.41) is 16.8. The zero-order valence-electron chi connectivity index (χ0n) is 14.7. The Balaban J connectivity index is 1.95. The zero-order chi connectivity index (χ0) is 17.9. The maximum absolute atomic E-state index is 12.1. The van der Waals surface area contributed by atoms with Crippen LogP contribution in [0.2, 0.25) is 0 Å². The van der Waals surface area contributed by atoms with Crippen LogP contribution in [0.1, 0.15) is 35.7 Å². The van der Waals surface area contributed by atoms with Gasteiger partial charge in [-0.1, -0.05) is 13.8 Å². The van der Waals surface area contributed by atoms with E-state index in [-0.39, 0.29) is 17.7 Å². The van der Waals surface area contributed by atoms with Crippen LogP contribution in [0.25, 0.3) is 11.3 Å². The maximum Gasteiger partial charge on any atom is 0.269 e. The molecule has 8 nitrogen and oxygen atoms in total. The van der Waals surface area contributed by atoms with Gasteiger partial charge >= 0.3 is 0 Å². The summed E-state index contributed by atoms with van der Waals surface area (Å²) in [5.74, 6) is -0.357. The van der Waals surface area contributed by atoms with E-state index >= 15 is 0 Å². The Hall–Kier alpha value is -2.64. The number of H-pyrrole nitrogens is 1. The van der Waals surface area contributed by atoms with Gasteiger partial charge in [0.05, 0.1) is 11.4 Å². The third kappa shape index (κ3) is 3.81. The predicted molar refractivity (Wildman–Crippen MR) is 90.4 cm³/mol. The van der Waals surface area contributed by atoms with Gasteiger partial charge in [-0.2, -0.15) is 10.2 Å². The van der Waals surface area contributed by atoms with E-state index in [0.717, 1.165) is 17.0 Å². The van der Waals surface area contributed by atoms with Crippen molar-refractivity contribution in [3.63, 3.8) is 0 Å². The van der Waals surface area contributed by atoms with Gasteiger partial charge in [0.25, 0.3) is 5.91 Å². The van der Waals surface area contributed by atoms with Gasteiger partial charge in [0, 0.05) is 37.3 Å². The predicted octanol–water partition coefficient (Wildman–Crippen LogP) is 0.929. The lowest BCUT2D eigenvalue weighted by Crippen LogP contribution is -2.36. The van der Waals surface area contributed by atoms with Gasteiger partial charge in [-0.05, 0) is 19.9 Å². The molecule has 130 valence electrons. The highest BCUT2D eigenvalue weighted by molar-refractivity contribution is 5.93. The summed E-state index contributed by atoms with van der Waals surface area (Å²) in [7, 11) is 1.87. The van der Waals surface area contributed by atoms with Crippen molar-refractivity contribution < 1.29 is 9.59 Å². The van der Waals surface area contributed by atoms with E-state index in [4.69, 9.17) is 0 Å². The Labute approximate surface area is 141 Å². The first-order chi connectivity index (χ1) is 11.3. The van der Waals surface area contributed by atoms with Crippen LogP contribution in [0.15, 0.2) is 6.07 Å². The molecule has 3 N–H and O–H groups in total. The van der Waals surface area contributed by atoms with E-state index in [9.17, 15) is 9.59 Å². The molecule has 0 unspecified atom stereocenters. The van der Waals surface area contributed by atoms with Crippen LogP contribution < -0.4 is 10.6 Å². The molecule has 0 aromatic carbocycles. The van der Waals surface area contributed by atoms with E-state index in [2.05, 4.69) is 25.9 Å². The molecule has 0 radical (unpaired) electrons. The van der Waals surface area contributed by atoms with Gasteiger partial charge in [-0.3, -0.25) is 19.4 Å². The highest BCUT2D eigenvalue weighted by Gasteiger charge is 2.17. The molecule has 0 saturated heterocycles. The second-order valence-corrected chi connectivity index (χ2v) is 6.04. The van der Waals surface area contributed by atoms with Crippen molar-refractivity contribution in [2.45, 2.75) is 27.7 Å². The lowest BCUT2D eigenvalue weighted by atomic mass is 10.1. The van der Waals surface area contributed by atoms with E-state index in [0.29, 0.717) is 24.5 Å². The minimum absolute atomic E-state index is 0.0318. The van der Waals surface area contributed by atoms with Gasteiger partial charge in [0.2, 0.25) is 5.91 Å². The minimum atomic E-state index is -0.258. The maximum atomic E-state index is 12.1. The standard InChI is InChI=1S/C16H24N6O2/c1-9(2)15(23)17-6-7-18-16(24)13-8-12(19-20-13)14-10(3)21-22(5)11(14)4/h8-9H,6-7H2,1-5H3,(H,17,23)(H,18,24)(H,19,20). The van der Waals surface area contributed by atoms with Crippen molar-refractivity contribution in [1.29, 1.82) is 0 Å². The quantitative estimate of drug-likeness (QED) is 0.684. The number of rotatable bonds is 6. The topological polar surface area (TPSA) is 105 Å². The first-order valence-corrected chi connectivity index (χ1v) is 7.93. The van der Waals surface area contributed by atoms with Crippen LogP contribution in [0.3, 0.4) is 0 Å². The first kappa shape index (κ1) is 17.7. The number of hydrogen-bond acceptors (Lipinski definition) is 4. The Kier molecular flexibility index (Phi) is 5.38.